The number of hydrogen-bond acceptors (Lipinski definition) is 3. The number of fused-ring (bicyclic) bond motifs is 1. The van der Waals surface area contributed by atoms with Gasteiger partial charge < -0.3 is 15.4 Å². The van der Waals surface area contributed by atoms with E-state index in [0.717, 1.165) is 37.1 Å². The highest BCUT2D eigenvalue weighted by molar-refractivity contribution is 5.85. The van der Waals surface area contributed by atoms with Crippen LogP contribution in [-0.2, 0) is 11.2 Å². The number of benzene rings is 1. The van der Waals surface area contributed by atoms with Crippen molar-refractivity contribution >= 4 is 18.3 Å². The molecule has 1 fully saturated rings. The summed E-state index contributed by atoms with van der Waals surface area (Å²) < 4.78 is 5.71. The summed E-state index contributed by atoms with van der Waals surface area (Å²) in [7, 11) is 0. The van der Waals surface area contributed by atoms with Gasteiger partial charge in [-0.15, -0.1) is 12.4 Å². The number of rotatable bonds is 2. The van der Waals surface area contributed by atoms with Crippen LogP contribution in [0.5, 0.6) is 5.75 Å². The molecule has 1 aromatic rings. The molecule has 0 aromatic heterocycles. The fraction of sp³-hybridized carbons (Fsp3) is 0.533. The number of hydrogen-bond donors (Lipinski definition) is 1. The van der Waals surface area contributed by atoms with Gasteiger partial charge in [-0.25, -0.2) is 0 Å². The molecule has 2 atom stereocenters. The molecule has 0 radical (unpaired) electrons. The zero-order chi connectivity index (χ0) is 13.2. The topological polar surface area (TPSA) is 55.6 Å². The van der Waals surface area contributed by atoms with Crippen molar-refractivity contribution in [2.75, 3.05) is 19.7 Å². The molecule has 5 heteroatoms. The van der Waals surface area contributed by atoms with Crippen LogP contribution in [0.15, 0.2) is 24.3 Å². The molecule has 0 bridgehead atoms. The number of ether oxygens (including phenoxy) is 1. The molecule has 1 saturated heterocycles. The number of halogens is 1. The number of nitrogens with zero attached hydrogens (tertiary/aromatic N) is 1. The Morgan fingerprint density at radius 2 is 2.20 bits per heavy atom. The monoisotopic (exact) mass is 296 g/mol. The maximum absolute atomic E-state index is 12.6. The lowest BCUT2D eigenvalue weighted by atomic mass is 9.95. The largest absolute Gasteiger partial charge is 0.492 e. The predicted molar refractivity (Wildman–Crippen MR) is 80.2 cm³/mol. The van der Waals surface area contributed by atoms with Gasteiger partial charge in [-0.05, 0) is 30.9 Å². The Labute approximate surface area is 125 Å². The van der Waals surface area contributed by atoms with Crippen molar-refractivity contribution in [1.82, 2.24) is 4.90 Å². The Balaban J connectivity index is 0.00000147. The van der Waals surface area contributed by atoms with E-state index in [9.17, 15) is 4.79 Å². The third-order valence-corrected chi connectivity index (χ3v) is 4.16. The first-order chi connectivity index (χ1) is 9.29. The molecule has 0 saturated carbocycles. The zero-order valence-electron chi connectivity index (χ0n) is 11.5. The molecule has 1 amide bonds. The van der Waals surface area contributed by atoms with Crippen LogP contribution in [0.3, 0.4) is 0 Å². The van der Waals surface area contributed by atoms with Gasteiger partial charge in [0.15, 0.2) is 0 Å². The number of carbonyl (C=O) groups excluding carboxylic acids is 1. The SMILES string of the molecule is Cl.NCC1CCCN1C(=O)C1COc2ccccc2C1. The molecule has 20 heavy (non-hydrogen) atoms. The maximum atomic E-state index is 12.6. The first-order valence-electron chi connectivity index (χ1n) is 7.01. The molecular weight excluding hydrogens is 276 g/mol. The predicted octanol–water partition coefficient (Wildman–Crippen LogP) is 1.61. The van der Waals surface area contributed by atoms with Gasteiger partial charge in [0.25, 0.3) is 0 Å². The lowest BCUT2D eigenvalue weighted by molar-refractivity contribution is -0.137. The van der Waals surface area contributed by atoms with Crippen LogP contribution in [0.1, 0.15) is 18.4 Å². The molecular formula is C15H21ClN2O2. The lowest BCUT2D eigenvalue weighted by Gasteiger charge is -2.31. The number of carbonyl (C=O) groups is 1. The van der Waals surface area contributed by atoms with E-state index in [1.165, 1.54) is 0 Å². The average Bonchev–Trinajstić information content (AvgIpc) is 2.94. The van der Waals surface area contributed by atoms with Crippen LogP contribution in [0.2, 0.25) is 0 Å². The number of amides is 1. The molecule has 1 aromatic carbocycles. The van der Waals surface area contributed by atoms with Crippen molar-refractivity contribution in [1.29, 1.82) is 0 Å². The smallest absolute Gasteiger partial charge is 0.229 e. The van der Waals surface area contributed by atoms with Crippen LogP contribution in [0, 0.1) is 5.92 Å². The molecule has 2 unspecified atom stereocenters. The summed E-state index contributed by atoms with van der Waals surface area (Å²) in [5.41, 5.74) is 6.88. The van der Waals surface area contributed by atoms with Crippen molar-refractivity contribution < 1.29 is 9.53 Å². The van der Waals surface area contributed by atoms with Crippen molar-refractivity contribution in [2.24, 2.45) is 11.7 Å². The molecule has 110 valence electrons. The Morgan fingerprint density at radius 1 is 1.40 bits per heavy atom. The van der Waals surface area contributed by atoms with E-state index in [1.807, 2.05) is 29.2 Å². The highest BCUT2D eigenvalue weighted by atomic mass is 35.5. The number of nitrogens with two attached hydrogens (primary N) is 1. The number of para-hydroxylation sites is 1. The summed E-state index contributed by atoms with van der Waals surface area (Å²) in [5.74, 6) is 1.08. The molecule has 2 aliphatic heterocycles. The van der Waals surface area contributed by atoms with Crippen molar-refractivity contribution in [2.45, 2.75) is 25.3 Å². The second-order valence-electron chi connectivity index (χ2n) is 5.38. The first-order valence-corrected chi connectivity index (χ1v) is 7.01. The Morgan fingerprint density at radius 3 is 3.00 bits per heavy atom. The minimum atomic E-state index is -0.0537. The van der Waals surface area contributed by atoms with Gasteiger partial charge in [0.2, 0.25) is 5.91 Å². The third-order valence-electron chi connectivity index (χ3n) is 4.16. The van der Waals surface area contributed by atoms with Crippen LogP contribution in [-0.4, -0.2) is 36.5 Å². The highest BCUT2D eigenvalue weighted by Gasteiger charge is 2.34. The summed E-state index contributed by atoms with van der Waals surface area (Å²) in [6.07, 6.45) is 2.88. The lowest BCUT2D eigenvalue weighted by Crippen LogP contribution is -2.45. The second-order valence-corrected chi connectivity index (χ2v) is 5.38. The third kappa shape index (κ3) is 2.76. The van der Waals surface area contributed by atoms with Crippen LogP contribution in [0.4, 0.5) is 0 Å². The van der Waals surface area contributed by atoms with Gasteiger partial charge in [0.05, 0.1) is 5.92 Å². The fourth-order valence-corrected chi connectivity index (χ4v) is 3.09. The molecule has 2 N–H and O–H groups in total. The minimum absolute atomic E-state index is 0. The molecule has 2 aliphatic rings. The summed E-state index contributed by atoms with van der Waals surface area (Å²) in [6.45, 7) is 1.90. The van der Waals surface area contributed by atoms with Crippen molar-refractivity contribution in [3.63, 3.8) is 0 Å². The second kappa shape index (κ2) is 6.46. The summed E-state index contributed by atoms with van der Waals surface area (Å²) >= 11 is 0. The van der Waals surface area contributed by atoms with Crippen molar-refractivity contribution in [3.05, 3.63) is 29.8 Å². The summed E-state index contributed by atoms with van der Waals surface area (Å²) in [4.78, 5) is 14.5. The van der Waals surface area contributed by atoms with E-state index in [2.05, 4.69) is 0 Å². The zero-order valence-corrected chi connectivity index (χ0v) is 12.3. The normalized spacial score (nSPS) is 24.6. The van der Waals surface area contributed by atoms with Gasteiger partial charge in [-0.1, -0.05) is 18.2 Å². The average molecular weight is 297 g/mol. The van der Waals surface area contributed by atoms with E-state index in [0.29, 0.717) is 13.2 Å². The maximum Gasteiger partial charge on any atom is 0.229 e. The van der Waals surface area contributed by atoms with Gasteiger partial charge in [-0.3, -0.25) is 4.79 Å². The Hall–Kier alpha value is -1.26. The van der Waals surface area contributed by atoms with Gasteiger partial charge in [-0.2, -0.15) is 0 Å². The van der Waals surface area contributed by atoms with Crippen LogP contribution in [0.25, 0.3) is 0 Å². The van der Waals surface area contributed by atoms with E-state index in [4.69, 9.17) is 10.5 Å². The standard InChI is InChI=1S/C15H20N2O2.ClH/c16-9-13-5-3-7-17(13)15(18)12-8-11-4-1-2-6-14(11)19-10-12;/h1-2,4,6,12-13H,3,5,7-10,16H2;1H. The van der Waals surface area contributed by atoms with E-state index >= 15 is 0 Å². The van der Waals surface area contributed by atoms with E-state index in [1.54, 1.807) is 0 Å². The van der Waals surface area contributed by atoms with Crippen LogP contribution < -0.4 is 10.5 Å². The molecule has 3 rings (SSSR count). The summed E-state index contributed by atoms with van der Waals surface area (Å²) in [6, 6.07) is 8.19. The van der Waals surface area contributed by atoms with E-state index < -0.39 is 0 Å². The van der Waals surface area contributed by atoms with E-state index in [-0.39, 0.29) is 30.3 Å². The molecule has 4 nitrogen and oxygen atoms in total. The summed E-state index contributed by atoms with van der Waals surface area (Å²) in [5, 5.41) is 0. The molecule has 0 aliphatic carbocycles. The minimum Gasteiger partial charge on any atom is -0.492 e. The first kappa shape index (κ1) is 15.1. The Kier molecular flexibility index (Phi) is 4.89. The van der Waals surface area contributed by atoms with Gasteiger partial charge in [0, 0.05) is 19.1 Å². The molecule has 0 spiro atoms. The quantitative estimate of drug-likeness (QED) is 0.902. The highest BCUT2D eigenvalue weighted by Crippen LogP contribution is 2.29. The number of likely N-dealkylation sites (tertiary alicyclic amines) is 1. The van der Waals surface area contributed by atoms with Crippen LogP contribution >= 0.6 is 12.4 Å². The van der Waals surface area contributed by atoms with Gasteiger partial charge >= 0.3 is 0 Å². The van der Waals surface area contributed by atoms with Gasteiger partial charge in [0.1, 0.15) is 12.4 Å². The fourth-order valence-electron chi connectivity index (χ4n) is 3.09. The van der Waals surface area contributed by atoms with Crippen molar-refractivity contribution in [3.8, 4) is 5.75 Å². The Bertz CT molecular complexity index is 481. The molecule has 2 heterocycles.